The molecular formula is C18H19N5O2. The Morgan fingerprint density at radius 1 is 1.24 bits per heavy atom. The average molecular weight is 337 g/mol. The number of ether oxygens (including phenoxy) is 1. The number of amides is 1. The van der Waals surface area contributed by atoms with Crippen molar-refractivity contribution < 1.29 is 9.53 Å². The van der Waals surface area contributed by atoms with Gasteiger partial charge in [0.1, 0.15) is 12.1 Å². The van der Waals surface area contributed by atoms with E-state index in [1.54, 1.807) is 25.3 Å². The molecule has 25 heavy (non-hydrogen) atoms. The van der Waals surface area contributed by atoms with E-state index in [-0.39, 0.29) is 11.9 Å². The second kappa shape index (κ2) is 7.57. The summed E-state index contributed by atoms with van der Waals surface area (Å²) in [6.45, 7) is 2.03. The van der Waals surface area contributed by atoms with Gasteiger partial charge < -0.3 is 10.1 Å². The Morgan fingerprint density at radius 3 is 2.68 bits per heavy atom. The molecule has 0 saturated heterocycles. The summed E-state index contributed by atoms with van der Waals surface area (Å²) < 4.78 is 6.69. The number of hydrogen-bond donors (Lipinski definition) is 1. The maximum Gasteiger partial charge on any atom is 0.251 e. The normalized spacial score (nSPS) is 11.8. The fourth-order valence-electron chi connectivity index (χ4n) is 2.57. The minimum Gasteiger partial charge on any atom is -0.497 e. The highest BCUT2D eigenvalue weighted by molar-refractivity contribution is 5.95. The van der Waals surface area contributed by atoms with Gasteiger partial charge in [-0.1, -0.05) is 25.1 Å². The van der Waals surface area contributed by atoms with Crippen LogP contribution in [0.25, 0.3) is 5.69 Å². The van der Waals surface area contributed by atoms with Gasteiger partial charge in [0.15, 0.2) is 0 Å². The third-order valence-electron chi connectivity index (χ3n) is 3.95. The molecule has 7 heteroatoms. The molecule has 7 nitrogen and oxygen atoms in total. The van der Waals surface area contributed by atoms with E-state index in [0.717, 1.165) is 23.4 Å². The van der Waals surface area contributed by atoms with E-state index in [2.05, 4.69) is 20.8 Å². The molecule has 128 valence electrons. The lowest BCUT2D eigenvalue weighted by atomic mass is 10.0. The fraction of sp³-hybridized carbons (Fsp3) is 0.222. The van der Waals surface area contributed by atoms with Gasteiger partial charge in [0, 0.05) is 5.56 Å². The lowest BCUT2D eigenvalue weighted by Crippen LogP contribution is -2.28. The van der Waals surface area contributed by atoms with E-state index in [0.29, 0.717) is 5.56 Å². The average Bonchev–Trinajstić information content (AvgIpc) is 3.21. The molecule has 1 N–H and O–H groups in total. The number of nitrogens with one attached hydrogen (secondary N) is 1. The van der Waals surface area contributed by atoms with Crippen LogP contribution in [-0.4, -0.2) is 33.2 Å². The lowest BCUT2D eigenvalue weighted by molar-refractivity contribution is 0.0935. The van der Waals surface area contributed by atoms with Crippen molar-refractivity contribution in [1.82, 2.24) is 25.5 Å². The third-order valence-corrected chi connectivity index (χ3v) is 3.95. The zero-order chi connectivity index (χ0) is 17.6. The van der Waals surface area contributed by atoms with E-state index >= 15 is 0 Å². The van der Waals surface area contributed by atoms with Crippen molar-refractivity contribution in [3.63, 3.8) is 0 Å². The smallest absolute Gasteiger partial charge is 0.251 e. The Labute approximate surface area is 145 Å². The molecule has 1 heterocycles. The Bertz CT molecular complexity index is 831. The summed E-state index contributed by atoms with van der Waals surface area (Å²) in [5.41, 5.74) is 2.32. The number of carbonyl (C=O) groups is 1. The van der Waals surface area contributed by atoms with Crippen molar-refractivity contribution >= 4 is 5.91 Å². The molecular weight excluding hydrogens is 318 g/mol. The van der Waals surface area contributed by atoms with Gasteiger partial charge in [-0.2, -0.15) is 0 Å². The molecule has 0 aliphatic heterocycles. The van der Waals surface area contributed by atoms with Gasteiger partial charge >= 0.3 is 0 Å². The molecule has 3 rings (SSSR count). The monoisotopic (exact) mass is 337 g/mol. The number of hydrogen-bond acceptors (Lipinski definition) is 5. The van der Waals surface area contributed by atoms with Crippen LogP contribution in [0.5, 0.6) is 5.75 Å². The SMILES string of the molecule is CCC(NC(=O)c1cccc(-n2cnnn2)c1)c1ccc(OC)cc1. The van der Waals surface area contributed by atoms with E-state index in [4.69, 9.17) is 4.74 Å². The maximum atomic E-state index is 12.6. The van der Waals surface area contributed by atoms with E-state index < -0.39 is 0 Å². The third kappa shape index (κ3) is 3.82. The Hall–Kier alpha value is -3.22. The molecule has 2 aromatic carbocycles. The number of nitrogens with zero attached hydrogens (tertiary/aromatic N) is 4. The summed E-state index contributed by atoms with van der Waals surface area (Å²) in [5, 5.41) is 14.1. The van der Waals surface area contributed by atoms with Gasteiger partial charge in [0.05, 0.1) is 18.8 Å². The topological polar surface area (TPSA) is 81.9 Å². The van der Waals surface area contributed by atoms with E-state index in [1.807, 2.05) is 37.3 Å². The zero-order valence-electron chi connectivity index (χ0n) is 14.1. The molecule has 0 aliphatic carbocycles. The second-order valence-electron chi connectivity index (χ2n) is 5.51. The number of tetrazole rings is 1. The predicted molar refractivity (Wildman–Crippen MR) is 92.6 cm³/mol. The molecule has 0 radical (unpaired) electrons. The van der Waals surface area contributed by atoms with Crippen LogP contribution in [0.4, 0.5) is 0 Å². The van der Waals surface area contributed by atoms with Crippen LogP contribution in [0.1, 0.15) is 35.3 Å². The molecule has 0 aliphatic rings. The van der Waals surface area contributed by atoms with E-state index in [1.165, 1.54) is 11.0 Å². The van der Waals surface area contributed by atoms with Crippen LogP contribution in [0.2, 0.25) is 0 Å². The number of benzene rings is 2. The van der Waals surface area contributed by atoms with Gasteiger partial charge in [-0.05, 0) is 52.7 Å². The van der Waals surface area contributed by atoms with Crippen molar-refractivity contribution in [3.05, 3.63) is 66.0 Å². The number of methoxy groups -OCH3 is 1. The summed E-state index contributed by atoms with van der Waals surface area (Å²) in [6, 6.07) is 14.8. The minimum absolute atomic E-state index is 0.0740. The molecule has 1 atom stereocenters. The second-order valence-corrected chi connectivity index (χ2v) is 5.51. The van der Waals surface area contributed by atoms with Crippen molar-refractivity contribution in [2.75, 3.05) is 7.11 Å². The number of rotatable bonds is 6. The summed E-state index contributed by atoms with van der Waals surface area (Å²) in [5.74, 6) is 0.650. The Morgan fingerprint density at radius 2 is 2.04 bits per heavy atom. The van der Waals surface area contributed by atoms with Crippen molar-refractivity contribution in [3.8, 4) is 11.4 Å². The fourth-order valence-corrected chi connectivity index (χ4v) is 2.57. The highest BCUT2D eigenvalue weighted by atomic mass is 16.5. The van der Waals surface area contributed by atoms with Crippen LogP contribution < -0.4 is 10.1 Å². The minimum atomic E-state index is -0.141. The molecule has 0 spiro atoms. The Kier molecular flexibility index (Phi) is 5.03. The molecule has 3 aromatic rings. The van der Waals surface area contributed by atoms with Crippen LogP contribution in [-0.2, 0) is 0 Å². The van der Waals surface area contributed by atoms with E-state index in [9.17, 15) is 4.79 Å². The standard InChI is InChI=1S/C18H19N5O2/c1-3-17(13-7-9-16(25-2)10-8-13)20-18(24)14-5-4-6-15(11-14)23-12-19-21-22-23/h4-12,17H,3H2,1-2H3,(H,20,24). The summed E-state index contributed by atoms with van der Waals surface area (Å²) in [7, 11) is 1.63. The first-order valence-corrected chi connectivity index (χ1v) is 7.99. The first-order valence-electron chi connectivity index (χ1n) is 7.99. The highest BCUT2D eigenvalue weighted by Gasteiger charge is 2.15. The molecule has 0 saturated carbocycles. The van der Waals surface area contributed by atoms with Gasteiger partial charge in [0.2, 0.25) is 0 Å². The van der Waals surface area contributed by atoms with Gasteiger partial charge in [-0.15, -0.1) is 5.10 Å². The molecule has 0 fully saturated rings. The number of aromatic nitrogens is 4. The lowest BCUT2D eigenvalue weighted by Gasteiger charge is -2.18. The first-order chi connectivity index (χ1) is 12.2. The van der Waals surface area contributed by atoms with Crippen LogP contribution >= 0.6 is 0 Å². The molecule has 1 aromatic heterocycles. The molecule has 1 unspecified atom stereocenters. The first kappa shape index (κ1) is 16.6. The summed E-state index contributed by atoms with van der Waals surface area (Å²) in [6.07, 6.45) is 2.27. The summed E-state index contributed by atoms with van der Waals surface area (Å²) >= 11 is 0. The largest absolute Gasteiger partial charge is 0.497 e. The quantitative estimate of drug-likeness (QED) is 0.747. The van der Waals surface area contributed by atoms with Crippen molar-refractivity contribution in [2.45, 2.75) is 19.4 Å². The molecule has 0 bridgehead atoms. The van der Waals surface area contributed by atoms with Crippen molar-refractivity contribution in [2.24, 2.45) is 0 Å². The van der Waals surface area contributed by atoms with Crippen LogP contribution in [0.15, 0.2) is 54.9 Å². The zero-order valence-corrected chi connectivity index (χ0v) is 14.1. The maximum absolute atomic E-state index is 12.6. The molecule has 1 amide bonds. The Balaban J connectivity index is 1.77. The van der Waals surface area contributed by atoms with Crippen LogP contribution in [0.3, 0.4) is 0 Å². The van der Waals surface area contributed by atoms with Gasteiger partial charge in [0.25, 0.3) is 5.91 Å². The van der Waals surface area contributed by atoms with Crippen molar-refractivity contribution in [1.29, 1.82) is 0 Å². The van der Waals surface area contributed by atoms with Crippen LogP contribution in [0, 0.1) is 0 Å². The number of carbonyl (C=O) groups excluding carboxylic acids is 1. The van der Waals surface area contributed by atoms with Gasteiger partial charge in [-0.3, -0.25) is 4.79 Å². The summed E-state index contributed by atoms with van der Waals surface area (Å²) in [4.78, 5) is 12.6. The van der Waals surface area contributed by atoms with Gasteiger partial charge in [-0.25, -0.2) is 4.68 Å². The highest BCUT2D eigenvalue weighted by Crippen LogP contribution is 2.21. The predicted octanol–water partition coefficient (Wildman–Crippen LogP) is 2.55.